The minimum atomic E-state index is -1.12. The highest BCUT2D eigenvalue weighted by Gasteiger charge is 2.18. The van der Waals surface area contributed by atoms with E-state index < -0.39 is 17.9 Å². The molecule has 5 nitrogen and oxygen atoms in total. The number of methoxy groups -OCH3 is 1. The highest BCUT2D eigenvalue weighted by atomic mass is 16.5. The third kappa shape index (κ3) is 5.24. The summed E-state index contributed by atoms with van der Waals surface area (Å²) < 4.78 is 4.73. The molecule has 1 amide bonds. The Balaban J connectivity index is 2.59. The summed E-state index contributed by atoms with van der Waals surface area (Å²) in [6.07, 6.45) is 3.91. The van der Waals surface area contributed by atoms with Crippen LogP contribution in [0.1, 0.15) is 18.1 Å². The van der Waals surface area contributed by atoms with Gasteiger partial charge in [-0.1, -0.05) is 31.2 Å². The Kier molecular flexibility index (Phi) is 6.46. The molecule has 0 aliphatic heterocycles. The van der Waals surface area contributed by atoms with E-state index in [0.29, 0.717) is 0 Å². The summed E-state index contributed by atoms with van der Waals surface area (Å²) in [6.45, 7) is 2.00. The predicted molar refractivity (Wildman–Crippen MR) is 76.3 cm³/mol. The Morgan fingerprint density at radius 1 is 1.35 bits per heavy atom. The topological polar surface area (TPSA) is 75.6 Å². The minimum absolute atomic E-state index is 0.0693. The normalized spacial score (nSPS) is 12.3. The van der Waals surface area contributed by atoms with Crippen molar-refractivity contribution in [3.63, 3.8) is 0 Å². The molecular formula is C15H19NO4. The first-order chi connectivity index (χ1) is 9.56. The smallest absolute Gasteiger partial charge is 0.328 e. The molecule has 1 unspecified atom stereocenters. The second-order valence-electron chi connectivity index (χ2n) is 4.28. The number of aliphatic carboxylic acids is 1. The number of amides is 1. The number of rotatable bonds is 7. The van der Waals surface area contributed by atoms with Gasteiger partial charge in [-0.25, -0.2) is 4.79 Å². The van der Waals surface area contributed by atoms with Crippen molar-refractivity contribution in [2.24, 2.45) is 0 Å². The molecule has 0 aromatic heterocycles. The van der Waals surface area contributed by atoms with Crippen LogP contribution in [-0.2, 0) is 20.7 Å². The summed E-state index contributed by atoms with van der Waals surface area (Å²) in [4.78, 5) is 22.5. The van der Waals surface area contributed by atoms with Gasteiger partial charge in [0.15, 0.2) is 6.04 Å². The molecule has 2 N–H and O–H groups in total. The Bertz CT molecular complexity index is 479. The summed E-state index contributed by atoms with van der Waals surface area (Å²) >= 11 is 0. The van der Waals surface area contributed by atoms with Crippen LogP contribution in [0.5, 0.6) is 0 Å². The fourth-order valence-electron chi connectivity index (χ4n) is 1.60. The molecule has 1 aromatic rings. The average Bonchev–Trinajstić information content (AvgIpc) is 2.45. The van der Waals surface area contributed by atoms with Crippen LogP contribution in [0.15, 0.2) is 30.3 Å². The summed E-state index contributed by atoms with van der Waals surface area (Å²) in [5, 5.41) is 11.2. The van der Waals surface area contributed by atoms with Gasteiger partial charge in [-0.2, -0.15) is 0 Å². The highest BCUT2D eigenvalue weighted by molar-refractivity contribution is 5.94. The lowest BCUT2D eigenvalue weighted by molar-refractivity contribution is -0.142. The van der Waals surface area contributed by atoms with Crippen LogP contribution in [-0.4, -0.2) is 36.7 Å². The molecule has 20 heavy (non-hydrogen) atoms. The SMILES string of the molecule is CCc1ccc(/C=C/C(=O)NC(COC)C(=O)O)cc1. The number of hydrogen-bond acceptors (Lipinski definition) is 3. The van der Waals surface area contributed by atoms with Crippen molar-refractivity contribution in [3.8, 4) is 0 Å². The van der Waals surface area contributed by atoms with Crippen LogP contribution in [0.3, 0.4) is 0 Å². The monoisotopic (exact) mass is 277 g/mol. The van der Waals surface area contributed by atoms with Gasteiger partial charge in [-0.3, -0.25) is 4.79 Å². The standard InChI is InChI=1S/C15H19NO4/c1-3-11-4-6-12(7-5-11)8-9-14(17)16-13(10-20-2)15(18)19/h4-9,13H,3,10H2,1-2H3,(H,16,17)(H,18,19)/b9-8+. The van der Waals surface area contributed by atoms with Gasteiger partial charge >= 0.3 is 5.97 Å². The number of hydrogen-bond donors (Lipinski definition) is 2. The zero-order chi connectivity index (χ0) is 15.0. The van der Waals surface area contributed by atoms with Gasteiger partial charge in [0.25, 0.3) is 0 Å². The summed E-state index contributed by atoms with van der Waals surface area (Å²) in [6, 6.07) is 6.75. The first kappa shape index (κ1) is 15.9. The lowest BCUT2D eigenvalue weighted by Crippen LogP contribution is -2.43. The molecule has 0 fully saturated rings. The summed E-state index contributed by atoms with van der Waals surface area (Å²) in [5.41, 5.74) is 2.11. The van der Waals surface area contributed by atoms with E-state index >= 15 is 0 Å². The predicted octanol–water partition coefficient (Wildman–Crippen LogP) is 1.48. The molecule has 0 saturated carbocycles. The van der Waals surface area contributed by atoms with Gasteiger partial charge in [0.05, 0.1) is 6.61 Å². The molecule has 0 bridgehead atoms. The highest BCUT2D eigenvalue weighted by Crippen LogP contribution is 2.06. The first-order valence-corrected chi connectivity index (χ1v) is 6.36. The first-order valence-electron chi connectivity index (χ1n) is 6.36. The van der Waals surface area contributed by atoms with Gasteiger partial charge < -0.3 is 15.2 Å². The second-order valence-corrected chi connectivity index (χ2v) is 4.28. The van der Waals surface area contributed by atoms with E-state index in [9.17, 15) is 9.59 Å². The molecular weight excluding hydrogens is 258 g/mol. The zero-order valence-corrected chi connectivity index (χ0v) is 11.6. The number of benzene rings is 1. The van der Waals surface area contributed by atoms with Gasteiger partial charge in [0.2, 0.25) is 5.91 Å². The molecule has 0 aliphatic carbocycles. The molecule has 1 atom stereocenters. The molecule has 5 heteroatoms. The fraction of sp³-hybridized carbons (Fsp3) is 0.333. The summed E-state index contributed by atoms with van der Waals surface area (Å²) in [5.74, 6) is -1.59. The van der Waals surface area contributed by atoms with Crippen molar-refractivity contribution in [2.75, 3.05) is 13.7 Å². The van der Waals surface area contributed by atoms with Crippen molar-refractivity contribution in [3.05, 3.63) is 41.5 Å². The maximum atomic E-state index is 11.6. The van der Waals surface area contributed by atoms with Crippen molar-refractivity contribution >= 4 is 18.0 Å². The van der Waals surface area contributed by atoms with Gasteiger partial charge in [-0.15, -0.1) is 0 Å². The number of carbonyl (C=O) groups excluding carboxylic acids is 1. The molecule has 0 spiro atoms. The third-order valence-electron chi connectivity index (χ3n) is 2.76. The maximum Gasteiger partial charge on any atom is 0.328 e. The van der Waals surface area contributed by atoms with Crippen LogP contribution in [0, 0.1) is 0 Å². The van der Waals surface area contributed by atoms with Crippen molar-refractivity contribution in [1.29, 1.82) is 0 Å². The lowest BCUT2D eigenvalue weighted by Gasteiger charge is -2.11. The number of carbonyl (C=O) groups is 2. The number of ether oxygens (including phenoxy) is 1. The molecule has 108 valence electrons. The number of nitrogens with one attached hydrogen (secondary N) is 1. The molecule has 0 heterocycles. The van der Waals surface area contributed by atoms with Crippen molar-refractivity contribution in [2.45, 2.75) is 19.4 Å². The number of aryl methyl sites for hydroxylation is 1. The van der Waals surface area contributed by atoms with Crippen molar-refractivity contribution in [1.82, 2.24) is 5.32 Å². The number of carboxylic acid groups (broad SMARTS) is 1. The molecule has 1 rings (SSSR count). The Morgan fingerprint density at radius 2 is 2.00 bits per heavy atom. The van der Waals surface area contributed by atoms with Crippen LogP contribution in [0.25, 0.3) is 6.08 Å². The van der Waals surface area contributed by atoms with E-state index in [1.54, 1.807) is 6.08 Å². The van der Waals surface area contributed by atoms with Crippen molar-refractivity contribution < 1.29 is 19.4 Å². The lowest BCUT2D eigenvalue weighted by atomic mass is 10.1. The van der Waals surface area contributed by atoms with Crippen LogP contribution in [0.4, 0.5) is 0 Å². The number of carboxylic acids is 1. The molecule has 0 saturated heterocycles. The largest absolute Gasteiger partial charge is 0.480 e. The van der Waals surface area contributed by atoms with Crippen LogP contribution in [0.2, 0.25) is 0 Å². The quantitative estimate of drug-likeness (QED) is 0.740. The Hall–Kier alpha value is -2.14. The molecule has 1 aromatic carbocycles. The Labute approximate surface area is 118 Å². The maximum absolute atomic E-state index is 11.6. The van der Waals surface area contributed by atoms with Gasteiger partial charge in [0.1, 0.15) is 0 Å². The average molecular weight is 277 g/mol. The fourth-order valence-corrected chi connectivity index (χ4v) is 1.60. The minimum Gasteiger partial charge on any atom is -0.480 e. The van der Waals surface area contributed by atoms with E-state index in [0.717, 1.165) is 12.0 Å². The van der Waals surface area contributed by atoms with Gasteiger partial charge in [0, 0.05) is 13.2 Å². The van der Waals surface area contributed by atoms with E-state index in [2.05, 4.69) is 12.2 Å². The van der Waals surface area contributed by atoms with Gasteiger partial charge in [-0.05, 0) is 23.6 Å². The zero-order valence-electron chi connectivity index (χ0n) is 11.6. The third-order valence-corrected chi connectivity index (χ3v) is 2.76. The van der Waals surface area contributed by atoms with Crippen LogP contribution >= 0.6 is 0 Å². The molecule has 0 aliphatic rings. The van der Waals surface area contributed by atoms with E-state index in [4.69, 9.17) is 9.84 Å². The second kappa shape index (κ2) is 8.12. The van der Waals surface area contributed by atoms with E-state index in [-0.39, 0.29) is 6.61 Å². The Morgan fingerprint density at radius 3 is 2.50 bits per heavy atom. The van der Waals surface area contributed by atoms with E-state index in [1.165, 1.54) is 18.7 Å². The molecule has 0 radical (unpaired) electrons. The summed E-state index contributed by atoms with van der Waals surface area (Å²) in [7, 11) is 1.38. The van der Waals surface area contributed by atoms with Crippen LogP contribution < -0.4 is 5.32 Å². The van der Waals surface area contributed by atoms with E-state index in [1.807, 2.05) is 24.3 Å².